The SMILES string of the molecule is CC[C@H](C)[C@H](NC(=O)OC(C)(C)C)c1ncc(CN[C@@H](CO)C(C)C)o1. The first-order valence-electron chi connectivity index (χ1n) is 9.35. The van der Waals surface area contributed by atoms with Crippen molar-refractivity contribution in [2.45, 2.75) is 79.1 Å². The second-order valence-electron chi connectivity index (χ2n) is 8.09. The molecule has 0 saturated carbocycles. The Morgan fingerprint density at radius 3 is 2.50 bits per heavy atom. The molecule has 3 atom stereocenters. The number of aliphatic hydroxyl groups is 1. The fourth-order valence-electron chi connectivity index (χ4n) is 2.41. The van der Waals surface area contributed by atoms with Crippen LogP contribution >= 0.6 is 0 Å². The van der Waals surface area contributed by atoms with E-state index in [1.807, 2.05) is 48.5 Å². The zero-order valence-electron chi connectivity index (χ0n) is 17.1. The van der Waals surface area contributed by atoms with Gasteiger partial charge < -0.3 is 24.9 Å². The highest BCUT2D eigenvalue weighted by Crippen LogP contribution is 2.25. The van der Waals surface area contributed by atoms with Gasteiger partial charge in [-0.25, -0.2) is 9.78 Å². The number of nitrogens with one attached hydrogen (secondary N) is 2. The molecule has 0 bridgehead atoms. The van der Waals surface area contributed by atoms with Crippen molar-refractivity contribution in [2.24, 2.45) is 11.8 Å². The molecule has 0 unspecified atom stereocenters. The Morgan fingerprint density at radius 2 is 2.00 bits per heavy atom. The molecule has 0 fully saturated rings. The highest BCUT2D eigenvalue weighted by Gasteiger charge is 2.27. The summed E-state index contributed by atoms with van der Waals surface area (Å²) in [6.45, 7) is 14.2. The molecule has 1 rings (SSSR count). The first-order valence-corrected chi connectivity index (χ1v) is 9.35. The lowest BCUT2D eigenvalue weighted by Crippen LogP contribution is -2.37. The lowest BCUT2D eigenvalue weighted by atomic mass is 9.99. The number of oxazole rings is 1. The fraction of sp³-hybridized carbons (Fsp3) is 0.789. The average molecular weight is 370 g/mol. The topological polar surface area (TPSA) is 96.6 Å². The van der Waals surface area contributed by atoms with Crippen LogP contribution in [0.3, 0.4) is 0 Å². The Balaban J connectivity index is 2.80. The maximum Gasteiger partial charge on any atom is 0.408 e. The summed E-state index contributed by atoms with van der Waals surface area (Å²) in [7, 11) is 0. The molecular weight excluding hydrogens is 334 g/mol. The Kier molecular flexibility index (Phi) is 8.56. The van der Waals surface area contributed by atoms with E-state index in [4.69, 9.17) is 9.15 Å². The van der Waals surface area contributed by atoms with Crippen LogP contribution in [0.2, 0.25) is 0 Å². The first kappa shape index (κ1) is 22.4. The highest BCUT2D eigenvalue weighted by molar-refractivity contribution is 5.68. The molecule has 7 heteroatoms. The van der Waals surface area contributed by atoms with Crippen molar-refractivity contribution in [2.75, 3.05) is 6.61 Å². The molecular formula is C19H35N3O4. The molecule has 3 N–H and O–H groups in total. The Bertz CT molecular complexity index is 551. The minimum atomic E-state index is -0.564. The lowest BCUT2D eigenvalue weighted by molar-refractivity contribution is 0.0474. The number of alkyl carbamates (subject to hydrolysis) is 1. The average Bonchev–Trinajstić information content (AvgIpc) is 2.99. The Labute approximate surface area is 156 Å². The number of rotatable bonds is 9. The number of ether oxygens (including phenoxy) is 1. The third kappa shape index (κ3) is 7.33. The molecule has 0 aromatic carbocycles. The zero-order valence-corrected chi connectivity index (χ0v) is 17.1. The van der Waals surface area contributed by atoms with Crippen molar-refractivity contribution >= 4 is 6.09 Å². The van der Waals surface area contributed by atoms with Crippen molar-refractivity contribution in [3.05, 3.63) is 17.8 Å². The Hall–Kier alpha value is -1.60. The van der Waals surface area contributed by atoms with Crippen LogP contribution in [0.25, 0.3) is 0 Å². The molecule has 0 aliphatic rings. The van der Waals surface area contributed by atoms with Crippen LogP contribution in [0.1, 0.15) is 72.6 Å². The highest BCUT2D eigenvalue weighted by atomic mass is 16.6. The van der Waals surface area contributed by atoms with E-state index < -0.39 is 11.7 Å². The van der Waals surface area contributed by atoms with E-state index in [1.165, 1.54) is 0 Å². The summed E-state index contributed by atoms with van der Waals surface area (Å²) in [6.07, 6.45) is 2.03. The van der Waals surface area contributed by atoms with Crippen molar-refractivity contribution in [1.82, 2.24) is 15.6 Å². The molecule has 0 aliphatic heterocycles. The molecule has 26 heavy (non-hydrogen) atoms. The van der Waals surface area contributed by atoms with Crippen LogP contribution in [-0.4, -0.2) is 34.4 Å². The number of aromatic nitrogens is 1. The van der Waals surface area contributed by atoms with Gasteiger partial charge in [0.1, 0.15) is 17.4 Å². The summed E-state index contributed by atoms with van der Waals surface area (Å²) in [5, 5.41) is 15.5. The lowest BCUT2D eigenvalue weighted by Gasteiger charge is -2.25. The largest absolute Gasteiger partial charge is 0.444 e. The van der Waals surface area contributed by atoms with E-state index in [2.05, 4.69) is 15.6 Å². The van der Waals surface area contributed by atoms with Crippen LogP contribution in [-0.2, 0) is 11.3 Å². The summed E-state index contributed by atoms with van der Waals surface area (Å²) in [5.41, 5.74) is -0.564. The van der Waals surface area contributed by atoms with Crippen molar-refractivity contribution in [3.8, 4) is 0 Å². The van der Waals surface area contributed by atoms with Crippen molar-refractivity contribution in [3.63, 3.8) is 0 Å². The summed E-state index contributed by atoms with van der Waals surface area (Å²) < 4.78 is 11.2. The zero-order chi connectivity index (χ0) is 19.9. The van der Waals surface area contributed by atoms with Gasteiger partial charge in [0.05, 0.1) is 19.3 Å². The van der Waals surface area contributed by atoms with E-state index >= 15 is 0 Å². The third-order valence-corrected chi connectivity index (χ3v) is 4.26. The van der Waals surface area contributed by atoms with Crippen LogP contribution in [0, 0.1) is 11.8 Å². The maximum absolute atomic E-state index is 12.2. The molecule has 1 amide bonds. The second-order valence-corrected chi connectivity index (χ2v) is 8.09. The van der Waals surface area contributed by atoms with Gasteiger partial charge in [0.25, 0.3) is 0 Å². The molecule has 0 radical (unpaired) electrons. The number of carbonyl (C=O) groups is 1. The quantitative estimate of drug-likeness (QED) is 0.617. The number of hydrogen-bond donors (Lipinski definition) is 3. The standard InChI is InChI=1S/C19H35N3O4/c1-8-13(4)16(22-18(24)26-19(5,6)7)17-21-10-14(25-17)9-20-15(11-23)12(2)3/h10,12-13,15-16,20,23H,8-9,11H2,1-7H3,(H,22,24)/t13-,15-,16-/m0/s1. The molecule has 150 valence electrons. The molecule has 1 aromatic heterocycles. The monoisotopic (exact) mass is 369 g/mol. The summed E-state index contributed by atoms with van der Waals surface area (Å²) in [5.74, 6) is 1.58. The fourth-order valence-corrected chi connectivity index (χ4v) is 2.41. The normalized spacial score (nSPS) is 15.6. The molecule has 1 heterocycles. The van der Waals surface area contributed by atoms with Gasteiger partial charge in [0.15, 0.2) is 0 Å². The molecule has 7 nitrogen and oxygen atoms in total. The van der Waals surface area contributed by atoms with Crippen LogP contribution in [0.5, 0.6) is 0 Å². The molecule has 0 spiro atoms. The van der Waals surface area contributed by atoms with Crippen LogP contribution < -0.4 is 10.6 Å². The van der Waals surface area contributed by atoms with Gasteiger partial charge in [-0.15, -0.1) is 0 Å². The predicted octanol–water partition coefficient (Wildman–Crippen LogP) is 3.39. The number of hydrogen-bond acceptors (Lipinski definition) is 6. The van der Waals surface area contributed by atoms with Crippen LogP contribution in [0.15, 0.2) is 10.6 Å². The minimum absolute atomic E-state index is 0.00574. The minimum Gasteiger partial charge on any atom is -0.444 e. The summed E-state index contributed by atoms with van der Waals surface area (Å²) in [4.78, 5) is 16.5. The first-order chi connectivity index (χ1) is 12.1. The Morgan fingerprint density at radius 1 is 1.35 bits per heavy atom. The maximum atomic E-state index is 12.2. The molecule has 0 aliphatic carbocycles. The smallest absolute Gasteiger partial charge is 0.408 e. The van der Waals surface area contributed by atoms with Gasteiger partial charge in [-0.3, -0.25) is 0 Å². The van der Waals surface area contributed by atoms with Gasteiger partial charge in [-0.2, -0.15) is 0 Å². The summed E-state index contributed by atoms with van der Waals surface area (Å²) >= 11 is 0. The molecule has 0 saturated heterocycles. The van der Waals surface area contributed by atoms with Gasteiger partial charge >= 0.3 is 6.09 Å². The molecule has 1 aromatic rings. The summed E-state index contributed by atoms with van der Waals surface area (Å²) in [6, 6.07) is -0.365. The predicted molar refractivity (Wildman–Crippen MR) is 101 cm³/mol. The van der Waals surface area contributed by atoms with E-state index in [9.17, 15) is 9.90 Å². The van der Waals surface area contributed by atoms with Crippen molar-refractivity contribution in [1.29, 1.82) is 0 Å². The van der Waals surface area contributed by atoms with E-state index in [1.54, 1.807) is 6.20 Å². The van der Waals surface area contributed by atoms with E-state index in [-0.39, 0.29) is 24.6 Å². The van der Waals surface area contributed by atoms with Crippen LogP contribution in [0.4, 0.5) is 4.79 Å². The van der Waals surface area contributed by atoms with Crippen molar-refractivity contribution < 1.29 is 19.1 Å². The van der Waals surface area contributed by atoms with E-state index in [0.717, 1.165) is 6.42 Å². The van der Waals surface area contributed by atoms with Gasteiger partial charge in [0, 0.05) is 6.04 Å². The van der Waals surface area contributed by atoms with Gasteiger partial charge in [-0.05, 0) is 32.6 Å². The second kappa shape index (κ2) is 9.92. The number of carbonyl (C=O) groups excluding carboxylic acids is 1. The van der Waals surface area contributed by atoms with E-state index in [0.29, 0.717) is 24.1 Å². The number of amides is 1. The van der Waals surface area contributed by atoms with Gasteiger partial charge in [0.2, 0.25) is 5.89 Å². The van der Waals surface area contributed by atoms with Gasteiger partial charge in [-0.1, -0.05) is 34.1 Å². The number of aliphatic hydroxyl groups excluding tert-OH is 1. The number of nitrogens with zero attached hydrogens (tertiary/aromatic N) is 1. The third-order valence-electron chi connectivity index (χ3n) is 4.26.